The SMILES string of the molecule is CCCN1CCC(N=[N+]=[N-])C(O)C1. The zero-order chi connectivity index (χ0) is 9.68. The van der Waals surface area contributed by atoms with Gasteiger partial charge < -0.3 is 10.0 Å². The van der Waals surface area contributed by atoms with Crippen LogP contribution < -0.4 is 0 Å². The fourth-order valence-electron chi connectivity index (χ4n) is 1.71. The number of hydrogen-bond donors (Lipinski definition) is 1. The van der Waals surface area contributed by atoms with Gasteiger partial charge in [0.2, 0.25) is 0 Å². The lowest BCUT2D eigenvalue weighted by Gasteiger charge is -2.33. The predicted octanol–water partition coefficient (Wildman–Crippen LogP) is 1.14. The Hall–Kier alpha value is -0.770. The molecule has 2 atom stereocenters. The van der Waals surface area contributed by atoms with E-state index in [0.717, 1.165) is 25.9 Å². The van der Waals surface area contributed by atoms with Gasteiger partial charge in [0.05, 0.1) is 12.1 Å². The first-order chi connectivity index (χ1) is 6.27. The summed E-state index contributed by atoms with van der Waals surface area (Å²) >= 11 is 0. The third-order valence-corrected chi connectivity index (χ3v) is 2.37. The van der Waals surface area contributed by atoms with Crippen molar-refractivity contribution < 1.29 is 5.11 Å². The standard InChI is InChI=1S/C8H16N4O/c1-2-4-12-5-3-7(10-11-9)8(13)6-12/h7-8,13H,2-6H2,1H3. The molecule has 0 saturated carbocycles. The van der Waals surface area contributed by atoms with Crippen molar-refractivity contribution in [3.63, 3.8) is 0 Å². The molecule has 0 aromatic carbocycles. The van der Waals surface area contributed by atoms with Gasteiger partial charge in [0.25, 0.3) is 0 Å². The molecule has 1 aliphatic rings. The van der Waals surface area contributed by atoms with Crippen molar-refractivity contribution in [1.29, 1.82) is 0 Å². The Morgan fingerprint density at radius 1 is 1.69 bits per heavy atom. The highest BCUT2D eigenvalue weighted by Crippen LogP contribution is 2.14. The number of piperidine rings is 1. The highest BCUT2D eigenvalue weighted by molar-refractivity contribution is 4.84. The van der Waals surface area contributed by atoms with Gasteiger partial charge in [0, 0.05) is 11.5 Å². The summed E-state index contributed by atoms with van der Waals surface area (Å²) in [6.07, 6.45) is 1.38. The van der Waals surface area contributed by atoms with E-state index in [1.165, 1.54) is 0 Å². The second-order valence-corrected chi connectivity index (χ2v) is 3.43. The van der Waals surface area contributed by atoms with Crippen LogP contribution in [0.5, 0.6) is 0 Å². The van der Waals surface area contributed by atoms with E-state index in [-0.39, 0.29) is 6.04 Å². The molecule has 5 nitrogen and oxygen atoms in total. The molecule has 0 radical (unpaired) electrons. The number of aliphatic hydroxyl groups is 1. The number of aliphatic hydroxyl groups excluding tert-OH is 1. The van der Waals surface area contributed by atoms with E-state index >= 15 is 0 Å². The molecule has 1 aliphatic heterocycles. The first kappa shape index (κ1) is 10.3. The minimum atomic E-state index is -0.490. The summed E-state index contributed by atoms with van der Waals surface area (Å²) in [4.78, 5) is 4.93. The molecule has 1 N–H and O–H groups in total. The third kappa shape index (κ3) is 2.88. The molecule has 0 aromatic rings. The topological polar surface area (TPSA) is 72.2 Å². The third-order valence-electron chi connectivity index (χ3n) is 2.37. The minimum absolute atomic E-state index is 0.224. The van der Waals surface area contributed by atoms with E-state index in [0.29, 0.717) is 6.54 Å². The largest absolute Gasteiger partial charge is 0.391 e. The lowest BCUT2D eigenvalue weighted by atomic mass is 10.0. The fraction of sp³-hybridized carbons (Fsp3) is 1.00. The molecule has 0 aromatic heterocycles. The Morgan fingerprint density at radius 3 is 3.00 bits per heavy atom. The molecular weight excluding hydrogens is 168 g/mol. The molecule has 1 rings (SSSR count). The molecule has 1 heterocycles. The van der Waals surface area contributed by atoms with Crippen LogP contribution in [0.1, 0.15) is 19.8 Å². The zero-order valence-electron chi connectivity index (χ0n) is 7.93. The van der Waals surface area contributed by atoms with E-state index < -0.39 is 6.10 Å². The summed E-state index contributed by atoms with van der Waals surface area (Å²) in [5.74, 6) is 0. The molecular formula is C8H16N4O. The molecule has 1 saturated heterocycles. The number of nitrogens with zero attached hydrogens (tertiary/aromatic N) is 4. The van der Waals surface area contributed by atoms with Crippen molar-refractivity contribution in [2.24, 2.45) is 5.11 Å². The lowest BCUT2D eigenvalue weighted by molar-refractivity contribution is 0.0538. The Bertz CT molecular complexity index is 202. The van der Waals surface area contributed by atoms with Crippen LogP contribution in [0.15, 0.2) is 5.11 Å². The number of likely N-dealkylation sites (tertiary alicyclic amines) is 1. The maximum Gasteiger partial charge on any atom is 0.0752 e. The first-order valence-electron chi connectivity index (χ1n) is 4.72. The highest BCUT2D eigenvalue weighted by Gasteiger charge is 2.25. The molecule has 1 fully saturated rings. The van der Waals surface area contributed by atoms with Crippen LogP contribution in [0, 0.1) is 0 Å². The molecule has 0 bridgehead atoms. The Morgan fingerprint density at radius 2 is 2.46 bits per heavy atom. The number of rotatable bonds is 3. The average molecular weight is 184 g/mol. The maximum absolute atomic E-state index is 9.59. The number of hydrogen-bond acceptors (Lipinski definition) is 3. The summed E-state index contributed by atoms with van der Waals surface area (Å²) < 4.78 is 0. The van der Waals surface area contributed by atoms with Crippen LogP contribution >= 0.6 is 0 Å². The lowest BCUT2D eigenvalue weighted by Crippen LogP contribution is -2.45. The normalized spacial score (nSPS) is 29.7. The molecule has 74 valence electrons. The van der Waals surface area contributed by atoms with Gasteiger partial charge in [-0.2, -0.15) is 0 Å². The monoisotopic (exact) mass is 184 g/mol. The quantitative estimate of drug-likeness (QED) is 0.406. The summed E-state index contributed by atoms with van der Waals surface area (Å²) in [6.45, 7) is 4.69. The number of azide groups is 1. The van der Waals surface area contributed by atoms with Crippen molar-refractivity contribution in [2.75, 3.05) is 19.6 Å². The predicted molar refractivity (Wildman–Crippen MR) is 50.3 cm³/mol. The van der Waals surface area contributed by atoms with Crippen LogP contribution in [0.25, 0.3) is 10.4 Å². The van der Waals surface area contributed by atoms with Crippen LogP contribution in [-0.4, -0.2) is 41.8 Å². The first-order valence-corrected chi connectivity index (χ1v) is 4.72. The van der Waals surface area contributed by atoms with Crippen LogP contribution in [0.2, 0.25) is 0 Å². The van der Waals surface area contributed by atoms with E-state index in [4.69, 9.17) is 5.53 Å². The van der Waals surface area contributed by atoms with Crippen molar-refractivity contribution in [2.45, 2.75) is 31.9 Å². The second-order valence-electron chi connectivity index (χ2n) is 3.43. The van der Waals surface area contributed by atoms with Crippen LogP contribution in [-0.2, 0) is 0 Å². The average Bonchev–Trinajstić information content (AvgIpc) is 2.10. The molecule has 5 heteroatoms. The Balaban J connectivity index is 2.41. The van der Waals surface area contributed by atoms with Gasteiger partial charge in [-0.25, -0.2) is 0 Å². The zero-order valence-corrected chi connectivity index (χ0v) is 7.93. The summed E-state index contributed by atoms with van der Waals surface area (Å²) in [5.41, 5.74) is 8.24. The maximum atomic E-state index is 9.59. The van der Waals surface area contributed by atoms with Crippen molar-refractivity contribution in [3.8, 4) is 0 Å². The molecule has 0 aliphatic carbocycles. The summed E-state index contributed by atoms with van der Waals surface area (Å²) in [6, 6.07) is -0.224. The molecule has 0 amide bonds. The smallest absolute Gasteiger partial charge is 0.0752 e. The molecule has 2 unspecified atom stereocenters. The van der Waals surface area contributed by atoms with Gasteiger partial charge >= 0.3 is 0 Å². The van der Waals surface area contributed by atoms with Crippen molar-refractivity contribution in [1.82, 2.24) is 4.90 Å². The summed E-state index contributed by atoms with van der Waals surface area (Å²) in [5, 5.41) is 13.2. The van der Waals surface area contributed by atoms with E-state index in [1.54, 1.807) is 0 Å². The molecule has 13 heavy (non-hydrogen) atoms. The Kier molecular flexibility index (Phi) is 4.02. The van der Waals surface area contributed by atoms with Crippen molar-refractivity contribution >= 4 is 0 Å². The van der Waals surface area contributed by atoms with Gasteiger partial charge in [-0.05, 0) is 31.5 Å². The molecule has 0 spiro atoms. The van der Waals surface area contributed by atoms with E-state index in [2.05, 4.69) is 21.8 Å². The van der Waals surface area contributed by atoms with Gasteiger partial charge in [-0.15, -0.1) is 0 Å². The second kappa shape index (κ2) is 5.07. The highest BCUT2D eigenvalue weighted by atomic mass is 16.3. The Labute approximate surface area is 78.0 Å². The van der Waals surface area contributed by atoms with Gasteiger partial charge in [0.15, 0.2) is 0 Å². The van der Waals surface area contributed by atoms with Gasteiger partial charge in [-0.3, -0.25) is 0 Å². The van der Waals surface area contributed by atoms with Crippen LogP contribution in [0.3, 0.4) is 0 Å². The summed E-state index contributed by atoms with van der Waals surface area (Å²) in [7, 11) is 0. The fourth-order valence-corrected chi connectivity index (χ4v) is 1.71. The number of β-amino-alcohol motifs (C(OH)–C–C–N with tert-alkyl or cyclic N) is 1. The van der Waals surface area contributed by atoms with Gasteiger partial charge in [0.1, 0.15) is 0 Å². The minimum Gasteiger partial charge on any atom is -0.391 e. The van der Waals surface area contributed by atoms with Gasteiger partial charge in [-0.1, -0.05) is 12.0 Å². The van der Waals surface area contributed by atoms with E-state index in [9.17, 15) is 5.11 Å². The van der Waals surface area contributed by atoms with Crippen LogP contribution in [0.4, 0.5) is 0 Å². The van der Waals surface area contributed by atoms with Crippen molar-refractivity contribution in [3.05, 3.63) is 10.4 Å². The van der Waals surface area contributed by atoms with E-state index in [1.807, 2.05) is 0 Å².